The Morgan fingerprint density at radius 1 is 1.03 bits per heavy atom. The number of nitrogens with zero attached hydrogens (tertiary/aromatic N) is 1. The summed E-state index contributed by atoms with van der Waals surface area (Å²) < 4.78 is 0. The van der Waals surface area contributed by atoms with Crippen LogP contribution in [0.5, 0.6) is 0 Å². The molecular weight excluding hydrogens is 436 g/mol. The predicted octanol–water partition coefficient (Wildman–Crippen LogP) is 3.62. The highest BCUT2D eigenvalue weighted by Crippen LogP contribution is 2.20. The van der Waals surface area contributed by atoms with E-state index in [0.29, 0.717) is 23.4 Å². The first-order valence-corrected chi connectivity index (χ1v) is 12.3. The van der Waals surface area contributed by atoms with E-state index in [1.54, 1.807) is 42.1 Å². The number of para-hydroxylation sites is 1. The van der Waals surface area contributed by atoms with Gasteiger partial charge in [-0.1, -0.05) is 30.3 Å². The van der Waals surface area contributed by atoms with Crippen LogP contribution in [0, 0.1) is 0 Å². The summed E-state index contributed by atoms with van der Waals surface area (Å²) in [7, 11) is 0. The van der Waals surface area contributed by atoms with Crippen molar-refractivity contribution >= 4 is 46.1 Å². The average molecular weight is 463 g/mol. The Morgan fingerprint density at radius 2 is 1.85 bits per heavy atom. The molecule has 0 saturated heterocycles. The highest BCUT2D eigenvalue weighted by molar-refractivity contribution is 7.98. The number of carbonyl (C=O) groups excluding carboxylic acids is 3. The first-order valence-electron chi connectivity index (χ1n) is 10.9. The molecule has 3 amide bonds. The number of nitrogens with one attached hydrogen (secondary N) is 3. The summed E-state index contributed by atoms with van der Waals surface area (Å²) in [6, 6.07) is 17.4. The third-order valence-corrected chi connectivity index (χ3v) is 6.01. The van der Waals surface area contributed by atoms with E-state index < -0.39 is 11.9 Å². The van der Waals surface area contributed by atoms with E-state index in [-0.39, 0.29) is 23.6 Å². The zero-order valence-electron chi connectivity index (χ0n) is 18.3. The maximum atomic E-state index is 13.0. The van der Waals surface area contributed by atoms with Crippen LogP contribution in [-0.2, 0) is 4.79 Å². The third-order valence-electron chi connectivity index (χ3n) is 5.37. The topological polar surface area (TPSA) is 100 Å². The molecule has 170 valence electrons. The maximum Gasteiger partial charge on any atom is 0.270 e. The molecule has 0 bridgehead atoms. The van der Waals surface area contributed by atoms with Crippen molar-refractivity contribution in [3.05, 3.63) is 71.9 Å². The zero-order chi connectivity index (χ0) is 23.2. The van der Waals surface area contributed by atoms with Gasteiger partial charge in [-0.2, -0.15) is 11.8 Å². The maximum absolute atomic E-state index is 13.0. The number of carbonyl (C=O) groups is 3. The average Bonchev–Trinajstić information content (AvgIpc) is 3.65. The number of hydrogen-bond donors (Lipinski definition) is 3. The summed E-state index contributed by atoms with van der Waals surface area (Å²) in [5.41, 5.74) is 1.98. The Balaban J connectivity index is 1.45. The van der Waals surface area contributed by atoms with Gasteiger partial charge in [0.25, 0.3) is 11.8 Å². The minimum absolute atomic E-state index is 0.150. The Bertz CT molecular complexity index is 1180. The van der Waals surface area contributed by atoms with Gasteiger partial charge < -0.3 is 16.0 Å². The van der Waals surface area contributed by atoms with Crippen LogP contribution in [-0.4, -0.2) is 46.8 Å². The molecule has 3 N–H and O–H groups in total. The molecule has 0 spiro atoms. The van der Waals surface area contributed by atoms with E-state index >= 15 is 0 Å². The van der Waals surface area contributed by atoms with Gasteiger partial charge in [-0.3, -0.25) is 14.4 Å². The summed E-state index contributed by atoms with van der Waals surface area (Å²) in [6.45, 7) is 0. The van der Waals surface area contributed by atoms with Crippen molar-refractivity contribution in [2.75, 3.05) is 17.3 Å². The number of amides is 3. The fourth-order valence-corrected chi connectivity index (χ4v) is 3.86. The summed E-state index contributed by atoms with van der Waals surface area (Å²) in [6.07, 6.45) is 4.42. The summed E-state index contributed by atoms with van der Waals surface area (Å²) >= 11 is 1.60. The number of thioether (sulfide) groups is 1. The molecule has 1 aliphatic rings. The molecule has 4 rings (SSSR count). The van der Waals surface area contributed by atoms with Gasteiger partial charge in [-0.15, -0.1) is 0 Å². The second-order valence-electron chi connectivity index (χ2n) is 8.01. The monoisotopic (exact) mass is 462 g/mol. The van der Waals surface area contributed by atoms with Crippen molar-refractivity contribution in [2.24, 2.45) is 0 Å². The van der Waals surface area contributed by atoms with Gasteiger partial charge in [0.05, 0.1) is 5.52 Å². The molecule has 1 atom stereocenters. The van der Waals surface area contributed by atoms with E-state index in [2.05, 4.69) is 20.9 Å². The number of hydrogen-bond acceptors (Lipinski definition) is 5. The lowest BCUT2D eigenvalue weighted by Gasteiger charge is -2.18. The van der Waals surface area contributed by atoms with Crippen LogP contribution in [0.2, 0.25) is 0 Å². The van der Waals surface area contributed by atoms with Crippen LogP contribution in [0.3, 0.4) is 0 Å². The van der Waals surface area contributed by atoms with Crippen molar-refractivity contribution in [2.45, 2.75) is 31.3 Å². The van der Waals surface area contributed by atoms with Crippen LogP contribution < -0.4 is 16.0 Å². The Labute approximate surface area is 196 Å². The molecule has 3 aromatic rings. The Kier molecular flexibility index (Phi) is 7.24. The molecular formula is C25H26N4O3S. The molecule has 0 radical (unpaired) electrons. The van der Waals surface area contributed by atoms with Crippen molar-refractivity contribution in [3.8, 4) is 0 Å². The van der Waals surface area contributed by atoms with E-state index in [0.717, 1.165) is 23.7 Å². The fourth-order valence-electron chi connectivity index (χ4n) is 3.39. The molecule has 8 heteroatoms. The first kappa shape index (κ1) is 22.8. The van der Waals surface area contributed by atoms with Crippen LogP contribution >= 0.6 is 11.8 Å². The molecule has 0 aliphatic heterocycles. The van der Waals surface area contributed by atoms with E-state index in [1.165, 1.54) is 0 Å². The normalized spacial score (nSPS) is 13.8. The predicted molar refractivity (Wildman–Crippen MR) is 132 cm³/mol. The van der Waals surface area contributed by atoms with Crippen molar-refractivity contribution < 1.29 is 14.4 Å². The number of rotatable bonds is 9. The quantitative estimate of drug-likeness (QED) is 0.451. The second kappa shape index (κ2) is 10.5. The number of benzene rings is 2. The number of fused-ring (bicyclic) bond motifs is 1. The molecule has 33 heavy (non-hydrogen) atoms. The van der Waals surface area contributed by atoms with Crippen LogP contribution in [0.15, 0.2) is 60.7 Å². The van der Waals surface area contributed by atoms with Gasteiger partial charge >= 0.3 is 0 Å². The fraction of sp³-hybridized carbons (Fsp3) is 0.280. The first-order chi connectivity index (χ1) is 16.0. The van der Waals surface area contributed by atoms with Crippen LogP contribution in [0.1, 0.15) is 40.1 Å². The second-order valence-corrected chi connectivity index (χ2v) is 9.00. The van der Waals surface area contributed by atoms with E-state index in [1.807, 2.05) is 36.6 Å². The van der Waals surface area contributed by atoms with Crippen molar-refractivity contribution in [3.63, 3.8) is 0 Å². The lowest BCUT2D eigenvalue weighted by atomic mass is 10.1. The smallest absolute Gasteiger partial charge is 0.270 e. The molecule has 2 aromatic carbocycles. The number of aromatic nitrogens is 1. The lowest BCUT2D eigenvalue weighted by molar-refractivity contribution is -0.118. The van der Waals surface area contributed by atoms with Gasteiger partial charge in [0.1, 0.15) is 11.7 Å². The largest absolute Gasteiger partial charge is 0.349 e. The summed E-state index contributed by atoms with van der Waals surface area (Å²) in [5, 5.41) is 9.54. The van der Waals surface area contributed by atoms with Gasteiger partial charge in [0, 0.05) is 22.7 Å². The molecule has 7 nitrogen and oxygen atoms in total. The molecule has 1 heterocycles. The molecule has 0 unspecified atom stereocenters. The van der Waals surface area contributed by atoms with Gasteiger partial charge in [-0.05, 0) is 61.6 Å². The zero-order valence-corrected chi connectivity index (χ0v) is 19.2. The lowest BCUT2D eigenvalue weighted by Crippen LogP contribution is -2.44. The number of anilines is 1. The Morgan fingerprint density at radius 3 is 2.64 bits per heavy atom. The van der Waals surface area contributed by atoms with Crippen molar-refractivity contribution in [1.82, 2.24) is 15.6 Å². The van der Waals surface area contributed by atoms with Gasteiger partial charge in [-0.25, -0.2) is 4.98 Å². The standard InChI is InChI=1S/C25H26N4O3S/c1-33-14-13-22(29-25(32)21-12-9-16-5-2-3-8-20(16)28-21)24(31)27-19-7-4-6-17(15-19)23(30)26-18-10-11-18/h2-9,12,15,18,22H,10-11,13-14H2,1H3,(H,26,30)(H,27,31)(H,29,32)/t22-/m1/s1. The summed E-state index contributed by atoms with van der Waals surface area (Å²) in [4.78, 5) is 42.6. The van der Waals surface area contributed by atoms with Crippen molar-refractivity contribution in [1.29, 1.82) is 0 Å². The summed E-state index contributed by atoms with van der Waals surface area (Å²) in [5.74, 6) is -0.186. The highest BCUT2D eigenvalue weighted by Gasteiger charge is 2.25. The number of pyridine rings is 1. The third kappa shape index (κ3) is 6.10. The SMILES string of the molecule is CSCC[C@@H](NC(=O)c1ccc2ccccc2n1)C(=O)Nc1cccc(C(=O)NC2CC2)c1. The van der Waals surface area contributed by atoms with Gasteiger partial charge in [0.15, 0.2) is 0 Å². The van der Waals surface area contributed by atoms with Gasteiger partial charge in [0.2, 0.25) is 5.91 Å². The highest BCUT2D eigenvalue weighted by atomic mass is 32.2. The van der Waals surface area contributed by atoms with E-state index in [4.69, 9.17) is 0 Å². The van der Waals surface area contributed by atoms with Crippen LogP contribution in [0.25, 0.3) is 10.9 Å². The minimum atomic E-state index is -0.734. The molecule has 1 saturated carbocycles. The molecule has 1 fully saturated rings. The molecule has 1 aromatic heterocycles. The van der Waals surface area contributed by atoms with Crippen LogP contribution in [0.4, 0.5) is 5.69 Å². The molecule has 1 aliphatic carbocycles. The minimum Gasteiger partial charge on any atom is -0.349 e. The Hall–Kier alpha value is -3.39. The van der Waals surface area contributed by atoms with E-state index in [9.17, 15) is 14.4 Å².